The highest BCUT2D eigenvalue weighted by atomic mass is 16.4. The van der Waals surface area contributed by atoms with Crippen LogP contribution >= 0.6 is 0 Å². The predicted octanol–water partition coefficient (Wildman–Crippen LogP) is 1.72. The van der Waals surface area contributed by atoms with E-state index in [0.717, 1.165) is 0 Å². The van der Waals surface area contributed by atoms with Crippen LogP contribution in [0.15, 0.2) is 22.8 Å². The fourth-order valence-electron chi connectivity index (χ4n) is 0.682. The zero-order chi connectivity index (χ0) is 6.69. The SMILES string of the molecule is CC[C@@H](O)c1ccco1. The molecule has 0 amide bonds. The summed E-state index contributed by atoms with van der Waals surface area (Å²) in [6.07, 6.45) is 1.84. The molecule has 1 heterocycles. The molecule has 9 heavy (non-hydrogen) atoms. The van der Waals surface area contributed by atoms with Crippen molar-refractivity contribution in [2.45, 2.75) is 19.4 Å². The van der Waals surface area contributed by atoms with Gasteiger partial charge in [0.25, 0.3) is 0 Å². The molecule has 0 aliphatic rings. The molecule has 0 unspecified atom stereocenters. The van der Waals surface area contributed by atoms with Crippen LogP contribution in [0.4, 0.5) is 0 Å². The Labute approximate surface area is 54.1 Å². The quantitative estimate of drug-likeness (QED) is 0.654. The summed E-state index contributed by atoms with van der Waals surface area (Å²) in [6, 6.07) is 3.54. The second-order valence-electron chi connectivity index (χ2n) is 1.94. The van der Waals surface area contributed by atoms with Crippen molar-refractivity contribution < 1.29 is 9.52 Å². The van der Waals surface area contributed by atoms with Crippen LogP contribution in [-0.2, 0) is 0 Å². The second kappa shape index (κ2) is 2.69. The van der Waals surface area contributed by atoms with Crippen molar-refractivity contribution in [3.63, 3.8) is 0 Å². The molecule has 1 aromatic rings. The minimum Gasteiger partial charge on any atom is -0.467 e. The molecule has 0 fully saturated rings. The fourth-order valence-corrected chi connectivity index (χ4v) is 0.682. The Morgan fingerprint density at radius 3 is 3.00 bits per heavy atom. The zero-order valence-electron chi connectivity index (χ0n) is 5.37. The molecule has 0 aliphatic heterocycles. The molecule has 0 saturated carbocycles. The monoisotopic (exact) mass is 126 g/mol. The predicted molar refractivity (Wildman–Crippen MR) is 34.0 cm³/mol. The van der Waals surface area contributed by atoms with Crippen molar-refractivity contribution in [3.8, 4) is 0 Å². The first-order chi connectivity index (χ1) is 4.34. The molecule has 2 nitrogen and oxygen atoms in total. The average Bonchev–Trinajstić information content (AvgIpc) is 2.37. The van der Waals surface area contributed by atoms with Gasteiger partial charge in [-0.15, -0.1) is 0 Å². The van der Waals surface area contributed by atoms with E-state index < -0.39 is 6.10 Å². The van der Waals surface area contributed by atoms with Gasteiger partial charge in [-0.1, -0.05) is 6.92 Å². The normalized spacial score (nSPS) is 13.6. The van der Waals surface area contributed by atoms with Crippen LogP contribution in [0.5, 0.6) is 0 Å². The molecule has 0 aliphatic carbocycles. The molecule has 1 N–H and O–H groups in total. The third-order valence-corrected chi connectivity index (χ3v) is 1.26. The Morgan fingerprint density at radius 1 is 1.78 bits per heavy atom. The van der Waals surface area contributed by atoms with Crippen molar-refractivity contribution in [2.24, 2.45) is 0 Å². The van der Waals surface area contributed by atoms with E-state index in [4.69, 9.17) is 9.52 Å². The number of hydrogen-bond acceptors (Lipinski definition) is 2. The largest absolute Gasteiger partial charge is 0.467 e. The van der Waals surface area contributed by atoms with Gasteiger partial charge < -0.3 is 9.52 Å². The molecule has 0 saturated heterocycles. The van der Waals surface area contributed by atoms with Gasteiger partial charge in [-0.2, -0.15) is 0 Å². The molecule has 1 rings (SSSR count). The van der Waals surface area contributed by atoms with Gasteiger partial charge >= 0.3 is 0 Å². The molecular formula is C7H10O2. The Bertz CT molecular complexity index is 155. The fraction of sp³-hybridized carbons (Fsp3) is 0.429. The molecule has 2 heteroatoms. The molecule has 1 atom stereocenters. The number of aliphatic hydroxyl groups excluding tert-OH is 1. The number of furan rings is 1. The Kier molecular flexibility index (Phi) is 1.90. The van der Waals surface area contributed by atoms with Crippen molar-refractivity contribution in [3.05, 3.63) is 24.2 Å². The highest BCUT2D eigenvalue weighted by Gasteiger charge is 2.05. The molecule has 0 bridgehead atoms. The van der Waals surface area contributed by atoms with Crippen LogP contribution in [0.3, 0.4) is 0 Å². The summed E-state index contributed by atoms with van der Waals surface area (Å²) in [5, 5.41) is 9.12. The van der Waals surface area contributed by atoms with Gasteiger partial charge in [-0.05, 0) is 18.6 Å². The number of hydrogen-bond donors (Lipinski definition) is 1. The smallest absolute Gasteiger partial charge is 0.132 e. The van der Waals surface area contributed by atoms with Crippen LogP contribution in [0.25, 0.3) is 0 Å². The topological polar surface area (TPSA) is 33.4 Å². The summed E-state index contributed by atoms with van der Waals surface area (Å²) in [6.45, 7) is 1.91. The summed E-state index contributed by atoms with van der Waals surface area (Å²) in [5.41, 5.74) is 0. The summed E-state index contributed by atoms with van der Waals surface area (Å²) in [5.74, 6) is 0.650. The number of aliphatic hydroxyl groups is 1. The summed E-state index contributed by atoms with van der Waals surface area (Å²) < 4.78 is 4.94. The standard InChI is InChI=1S/C7H10O2/c1-2-6(8)7-4-3-5-9-7/h3-6,8H,2H2,1H3/t6-/m1/s1. The van der Waals surface area contributed by atoms with E-state index in [9.17, 15) is 0 Å². The van der Waals surface area contributed by atoms with Gasteiger partial charge in [0.1, 0.15) is 11.9 Å². The first-order valence-corrected chi connectivity index (χ1v) is 3.06. The molecule has 50 valence electrons. The maximum atomic E-state index is 9.12. The number of rotatable bonds is 2. The Hall–Kier alpha value is -0.760. The van der Waals surface area contributed by atoms with Gasteiger partial charge in [-0.25, -0.2) is 0 Å². The molecule has 0 spiro atoms. The van der Waals surface area contributed by atoms with Crippen molar-refractivity contribution in [1.29, 1.82) is 0 Å². The van der Waals surface area contributed by atoms with Crippen LogP contribution < -0.4 is 0 Å². The van der Waals surface area contributed by atoms with Crippen molar-refractivity contribution in [2.75, 3.05) is 0 Å². The first-order valence-electron chi connectivity index (χ1n) is 3.06. The highest BCUT2D eigenvalue weighted by Crippen LogP contribution is 2.15. The van der Waals surface area contributed by atoms with Gasteiger partial charge in [0.15, 0.2) is 0 Å². The molecular weight excluding hydrogens is 116 g/mol. The van der Waals surface area contributed by atoms with Crippen LogP contribution in [0.1, 0.15) is 25.2 Å². The lowest BCUT2D eigenvalue weighted by Crippen LogP contribution is -1.90. The van der Waals surface area contributed by atoms with E-state index in [-0.39, 0.29) is 0 Å². The molecule has 0 radical (unpaired) electrons. The van der Waals surface area contributed by atoms with Crippen LogP contribution in [0, 0.1) is 0 Å². The Morgan fingerprint density at radius 2 is 2.56 bits per heavy atom. The minimum absolute atomic E-state index is 0.431. The third kappa shape index (κ3) is 1.33. The summed E-state index contributed by atoms with van der Waals surface area (Å²) in [4.78, 5) is 0. The van der Waals surface area contributed by atoms with Crippen molar-refractivity contribution in [1.82, 2.24) is 0 Å². The van der Waals surface area contributed by atoms with E-state index in [2.05, 4.69) is 0 Å². The van der Waals surface area contributed by atoms with Gasteiger partial charge in [0, 0.05) is 0 Å². The van der Waals surface area contributed by atoms with E-state index in [1.807, 2.05) is 6.92 Å². The summed E-state index contributed by atoms with van der Waals surface area (Å²) >= 11 is 0. The maximum absolute atomic E-state index is 9.12. The lowest BCUT2D eigenvalue weighted by atomic mass is 10.2. The van der Waals surface area contributed by atoms with E-state index >= 15 is 0 Å². The first kappa shape index (κ1) is 6.36. The minimum atomic E-state index is -0.431. The van der Waals surface area contributed by atoms with E-state index in [1.165, 1.54) is 0 Å². The van der Waals surface area contributed by atoms with Crippen LogP contribution in [0.2, 0.25) is 0 Å². The average molecular weight is 126 g/mol. The van der Waals surface area contributed by atoms with Gasteiger partial charge in [0.05, 0.1) is 6.26 Å². The Balaban J connectivity index is 2.65. The second-order valence-corrected chi connectivity index (χ2v) is 1.94. The van der Waals surface area contributed by atoms with Crippen LogP contribution in [-0.4, -0.2) is 5.11 Å². The van der Waals surface area contributed by atoms with Gasteiger partial charge in [0.2, 0.25) is 0 Å². The molecule has 0 aromatic carbocycles. The van der Waals surface area contributed by atoms with E-state index in [1.54, 1.807) is 18.4 Å². The summed E-state index contributed by atoms with van der Waals surface area (Å²) in [7, 11) is 0. The zero-order valence-corrected chi connectivity index (χ0v) is 5.37. The van der Waals surface area contributed by atoms with E-state index in [0.29, 0.717) is 12.2 Å². The lowest BCUT2D eigenvalue weighted by molar-refractivity contribution is 0.146. The third-order valence-electron chi connectivity index (χ3n) is 1.26. The molecule has 1 aromatic heterocycles. The van der Waals surface area contributed by atoms with Gasteiger partial charge in [-0.3, -0.25) is 0 Å². The lowest BCUT2D eigenvalue weighted by Gasteiger charge is -2.00. The highest BCUT2D eigenvalue weighted by molar-refractivity contribution is 5.00. The van der Waals surface area contributed by atoms with Crippen molar-refractivity contribution >= 4 is 0 Å². The maximum Gasteiger partial charge on any atom is 0.132 e.